The van der Waals surface area contributed by atoms with Gasteiger partial charge in [-0.2, -0.15) is 13.2 Å². The Kier molecular flexibility index (Phi) is 4.80. The molecule has 0 fully saturated rings. The Balaban J connectivity index is 2.57. The van der Waals surface area contributed by atoms with Crippen LogP contribution in [0.25, 0.3) is 0 Å². The smallest absolute Gasteiger partial charge is 0.330 e. The van der Waals surface area contributed by atoms with Crippen molar-refractivity contribution >= 4 is 0 Å². The molecule has 16 heavy (non-hydrogen) atoms. The van der Waals surface area contributed by atoms with Gasteiger partial charge in [0.1, 0.15) is 0 Å². The summed E-state index contributed by atoms with van der Waals surface area (Å²) in [6.07, 6.45) is -2.36. The summed E-state index contributed by atoms with van der Waals surface area (Å²) < 4.78 is 36.5. The highest BCUT2D eigenvalue weighted by Gasteiger charge is 2.27. The zero-order valence-corrected chi connectivity index (χ0v) is 9.06. The first-order chi connectivity index (χ1) is 7.51. The van der Waals surface area contributed by atoms with Gasteiger partial charge in [-0.1, -0.05) is 24.3 Å². The lowest BCUT2D eigenvalue weighted by molar-refractivity contribution is -0.127. The van der Waals surface area contributed by atoms with Crippen LogP contribution in [0.5, 0.6) is 0 Å². The van der Waals surface area contributed by atoms with E-state index in [1.54, 1.807) is 12.1 Å². The Morgan fingerprint density at radius 2 is 1.75 bits per heavy atom. The van der Waals surface area contributed by atoms with Crippen LogP contribution in [-0.4, -0.2) is 12.7 Å². The first-order valence-corrected chi connectivity index (χ1v) is 5.36. The maximum absolute atomic E-state index is 12.2. The summed E-state index contributed by atoms with van der Waals surface area (Å²) in [6.45, 7) is 0.627. The van der Waals surface area contributed by atoms with Crippen molar-refractivity contribution < 1.29 is 13.2 Å². The van der Waals surface area contributed by atoms with E-state index in [4.69, 9.17) is 5.73 Å². The third-order valence-corrected chi connectivity index (χ3v) is 2.32. The third kappa shape index (κ3) is 5.16. The molecule has 0 aromatic heterocycles. The SMILES string of the molecule is NCCCCc1cccc(CC(F)(F)F)c1. The summed E-state index contributed by atoms with van der Waals surface area (Å²) in [5, 5.41) is 0. The fraction of sp³-hybridized carbons (Fsp3) is 0.500. The van der Waals surface area contributed by atoms with E-state index in [0.717, 1.165) is 24.8 Å². The summed E-state index contributed by atoms with van der Waals surface area (Å²) in [7, 11) is 0. The molecule has 90 valence electrons. The molecule has 0 aliphatic rings. The van der Waals surface area contributed by atoms with Crippen LogP contribution in [0, 0.1) is 0 Å². The number of aryl methyl sites for hydroxylation is 1. The van der Waals surface area contributed by atoms with E-state index >= 15 is 0 Å². The molecular weight excluding hydrogens is 215 g/mol. The molecule has 0 atom stereocenters. The normalized spacial score (nSPS) is 11.8. The highest BCUT2D eigenvalue weighted by atomic mass is 19.4. The maximum atomic E-state index is 12.2. The van der Waals surface area contributed by atoms with Gasteiger partial charge in [-0.3, -0.25) is 0 Å². The van der Waals surface area contributed by atoms with E-state index in [1.807, 2.05) is 6.07 Å². The molecule has 0 heterocycles. The molecule has 1 aromatic carbocycles. The molecule has 4 heteroatoms. The molecule has 0 bridgehead atoms. The van der Waals surface area contributed by atoms with E-state index in [0.29, 0.717) is 12.1 Å². The van der Waals surface area contributed by atoms with Crippen LogP contribution in [0.4, 0.5) is 13.2 Å². The van der Waals surface area contributed by atoms with Crippen LogP contribution < -0.4 is 5.73 Å². The fourth-order valence-electron chi connectivity index (χ4n) is 1.60. The first-order valence-electron chi connectivity index (χ1n) is 5.36. The number of hydrogen-bond donors (Lipinski definition) is 1. The third-order valence-electron chi connectivity index (χ3n) is 2.32. The van der Waals surface area contributed by atoms with Crippen LogP contribution in [0.1, 0.15) is 24.0 Å². The minimum atomic E-state index is -4.13. The Bertz CT molecular complexity index is 320. The topological polar surface area (TPSA) is 26.0 Å². The molecule has 0 spiro atoms. The van der Waals surface area contributed by atoms with E-state index in [2.05, 4.69) is 0 Å². The molecule has 0 radical (unpaired) electrons. The van der Waals surface area contributed by atoms with Gasteiger partial charge in [0.2, 0.25) is 0 Å². The number of unbranched alkanes of at least 4 members (excludes halogenated alkanes) is 1. The zero-order valence-electron chi connectivity index (χ0n) is 9.06. The lowest BCUT2D eigenvalue weighted by Gasteiger charge is -2.08. The second kappa shape index (κ2) is 5.89. The lowest BCUT2D eigenvalue weighted by Crippen LogP contribution is -2.11. The molecule has 0 aliphatic heterocycles. The molecule has 0 saturated heterocycles. The molecule has 1 nitrogen and oxygen atoms in total. The van der Waals surface area contributed by atoms with Crippen molar-refractivity contribution in [2.75, 3.05) is 6.54 Å². The predicted octanol–water partition coefficient (Wildman–Crippen LogP) is 3.07. The highest BCUT2D eigenvalue weighted by molar-refractivity contribution is 5.24. The maximum Gasteiger partial charge on any atom is 0.393 e. The number of halogens is 3. The first kappa shape index (κ1) is 13.0. The van der Waals surface area contributed by atoms with Gasteiger partial charge in [-0.05, 0) is 36.9 Å². The van der Waals surface area contributed by atoms with Crippen molar-refractivity contribution in [2.45, 2.75) is 31.9 Å². The number of rotatable bonds is 5. The molecule has 0 aliphatic carbocycles. The van der Waals surface area contributed by atoms with E-state index in [1.165, 1.54) is 6.07 Å². The van der Waals surface area contributed by atoms with Crippen LogP contribution >= 0.6 is 0 Å². The Hall–Kier alpha value is -1.03. The van der Waals surface area contributed by atoms with Crippen LogP contribution in [0.2, 0.25) is 0 Å². The van der Waals surface area contributed by atoms with Gasteiger partial charge in [0.15, 0.2) is 0 Å². The van der Waals surface area contributed by atoms with E-state index in [9.17, 15) is 13.2 Å². The summed E-state index contributed by atoms with van der Waals surface area (Å²) in [5.41, 5.74) is 6.64. The molecule has 2 N–H and O–H groups in total. The van der Waals surface area contributed by atoms with Crippen molar-refractivity contribution in [3.05, 3.63) is 35.4 Å². The van der Waals surface area contributed by atoms with Gasteiger partial charge < -0.3 is 5.73 Å². The standard InChI is InChI=1S/C12H16F3N/c13-12(14,15)9-11-6-3-5-10(8-11)4-1-2-7-16/h3,5-6,8H,1-2,4,7,9,16H2. The molecule has 0 unspecified atom stereocenters. The van der Waals surface area contributed by atoms with Crippen molar-refractivity contribution in [1.82, 2.24) is 0 Å². The fourth-order valence-corrected chi connectivity index (χ4v) is 1.60. The van der Waals surface area contributed by atoms with Gasteiger partial charge in [0, 0.05) is 0 Å². The average molecular weight is 231 g/mol. The summed E-state index contributed by atoms with van der Waals surface area (Å²) in [6, 6.07) is 6.68. The van der Waals surface area contributed by atoms with Crippen molar-refractivity contribution in [1.29, 1.82) is 0 Å². The van der Waals surface area contributed by atoms with Crippen molar-refractivity contribution in [3.8, 4) is 0 Å². The van der Waals surface area contributed by atoms with Gasteiger partial charge in [0.25, 0.3) is 0 Å². The molecular formula is C12H16F3N. The van der Waals surface area contributed by atoms with Crippen molar-refractivity contribution in [3.63, 3.8) is 0 Å². The Labute approximate surface area is 93.5 Å². The Morgan fingerprint density at radius 1 is 1.06 bits per heavy atom. The molecule has 1 rings (SSSR count). The van der Waals surface area contributed by atoms with Crippen LogP contribution in [0.3, 0.4) is 0 Å². The molecule has 1 aromatic rings. The van der Waals surface area contributed by atoms with E-state index in [-0.39, 0.29) is 0 Å². The Morgan fingerprint density at radius 3 is 2.38 bits per heavy atom. The minimum Gasteiger partial charge on any atom is -0.330 e. The van der Waals surface area contributed by atoms with Gasteiger partial charge >= 0.3 is 6.18 Å². The lowest BCUT2D eigenvalue weighted by atomic mass is 10.0. The predicted molar refractivity (Wildman–Crippen MR) is 58.2 cm³/mol. The van der Waals surface area contributed by atoms with Gasteiger partial charge in [-0.25, -0.2) is 0 Å². The van der Waals surface area contributed by atoms with Crippen LogP contribution in [-0.2, 0) is 12.8 Å². The monoisotopic (exact) mass is 231 g/mol. The number of hydrogen-bond acceptors (Lipinski definition) is 1. The second-order valence-corrected chi connectivity index (χ2v) is 3.86. The second-order valence-electron chi connectivity index (χ2n) is 3.86. The summed E-state index contributed by atoms with van der Waals surface area (Å²) in [5.74, 6) is 0. The van der Waals surface area contributed by atoms with E-state index < -0.39 is 12.6 Å². The summed E-state index contributed by atoms with van der Waals surface area (Å²) >= 11 is 0. The van der Waals surface area contributed by atoms with Gasteiger partial charge in [0.05, 0.1) is 6.42 Å². The average Bonchev–Trinajstić information content (AvgIpc) is 2.16. The zero-order chi connectivity index (χ0) is 12.0. The highest BCUT2D eigenvalue weighted by Crippen LogP contribution is 2.22. The molecule has 0 amide bonds. The van der Waals surface area contributed by atoms with Crippen molar-refractivity contribution in [2.24, 2.45) is 5.73 Å². The minimum absolute atomic E-state index is 0.331. The quantitative estimate of drug-likeness (QED) is 0.774. The molecule has 0 saturated carbocycles. The van der Waals surface area contributed by atoms with Crippen LogP contribution in [0.15, 0.2) is 24.3 Å². The van der Waals surface area contributed by atoms with Gasteiger partial charge in [-0.15, -0.1) is 0 Å². The summed E-state index contributed by atoms with van der Waals surface area (Å²) in [4.78, 5) is 0. The number of nitrogens with two attached hydrogens (primary N) is 1. The number of benzene rings is 1. The number of alkyl halides is 3. The largest absolute Gasteiger partial charge is 0.393 e.